The summed E-state index contributed by atoms with van der Waals surface area (Å²) in [6.45, 7) is 3.95. The van der Waals surface area contributed by atoms with E-state index in [0.29, 0.717) is 25.1 Å². The molecule has 0 aromatic carbocycles. The Hall–Kier alpha value is -1.82. The van der Waals surface area contributed by atoms with E-state index in [4.69, 9.17) is 4.42 Å². The lowest BCUT2D eigenvalue weighted by Crippen LogP contribution is -2.47. The van der Waals surface area contributed by atoms with E-state index in [0.717, 1.165) is 26.2 Å². The standard InChI is InChI=1S/C14H21N3O3/c1-16-7-9-17(10-8-16)13(18)5-2-6-15-14(19)12-4-3-11-20-12/h3-4,11H,2,5-10H2,1H3,(H,15,19). The first-order chi connectivity index (χ1) is 9.66. The van der Waals surface area contributed by atoms with Crippen molar-refractivity contribution in [3.8, 4) is 0 Å². The molecular weight excluding hydrogens is 258 g/mol. The molecule has 2 amide bonds. The second-order valence-electron chi connectivity index (χ2n) is 5.02. The zero-order valence-corrected chi connectivity index (χ0v) is 11.8. The van der Waals surface area contributed by atoms with Gasteiger partial charge < -0.3 is 19.5 Å². The lowest BCUT2D eigenvalue weighted by Gasteiger charge is -2.32. The zero-order chi connectivity index (χ0) is 14.4. The Morgan fingerprint density at radius 3 is 2.70 bits per heavy atom. The Bertz CT molecular complexity index is 437. The monoisotopic (exact) mass is 279 g/mol. The van der Waals surface area contributed by atoms with E-state index < -0.39 is 0 Å². The fourth-order valence-corrected chi connectivity index (χ4v) is 2.15. The van der Waals surface area contributed by atoms with Crippen LogP contribution in [0.25, 0.3) is 0 Å². The van der Waals surface area contributed by atoms with Crippen LogP contribution in [0, 0.1) is 0 Å². The van der Waals surface area contributed by atoms with E-state index in [9.17, 15) is 9.59 Å². The van der Waals surface area contributed by atoms with Crippen molar-refractivity contribution in [1.82, 2.24) is 15.1 Å². The molecule has 0 saturated carbocycles. The van der Waals surface area contributed by atoms with Crippen LogP contribution in [-0.4, -0.2) is 61.4 Å². The first-order valence-corrected chi connectivity index (χ1v) is 6.95. The van der Waals surface area contributed by atoms with Gasteiger partial charge in [0.15, 0.2) is 5.76 Å². The van der Waals surface area contributed by atoms with Crippen LogP contribution in [0.4, 0.5) is 0 Å². The highest BCUT2D eigenvalue weighted by atomic mass is 16.3. The summed E-state index contributed by atoms with van der Waals surface area (Å²) in [7, 11) is 2.06. The molecule has 1 aromatic rings. The van der Waals surface area contributed by atoms with Crippen molar-refractivity contribution in [2.24, 2.45) is 0 Å². The topological polar surface area (TPSA) is 65.8 Å². The highest BCUT2D eigenvalue weighted by Crippen LogP contribution is 2.04. The molecule has 0 atom stereocenters. The second-order valence-corrected chi connectivity index (χ2v) is 5.02. The maximum atomic E-state index is 12.0. The molecule has 0 aliphatic carbocycles. The maximum absolute atomic E-state index is 12.0. The molecule has 0 spiro atoms. The van der Waals surface area contributed by atoms with E-state index in [1.54, 1.807) is 12.1 Å². The largest absolute Gasteiger partial charge is 0.459 e. The van der Waals surface area contributed by atoms with Gasteiger partial charge in [-0.05, 0) is 25.6 Å². The predicted molar refractivity (Wildman–Crippen MR) is 74.4 cm³/mol. The Labute approximate surface area is 118 Å². The molecule has 0 unspecified atom stereocenters. The molecule has 1 fully saturated rings. The summed E-state index contributed by atoms with van der Waals surface area (Å²) in [6, 6.07) is 3.29. The van der Waals surface area contributed by atoms with Gasteiger partial charge >= 0.3 is 0 Å². The minimum absolute atomic E-state index is 0.172. The van der Waals surface area contributed by atoms with Gasteiger partial charge in [-0.25, -0.2) is 0 Å². The lowest BCUT2D eigenvalue weighted by atomic mass is 10.2. The van der Waals surface area contributed by atoms with Crippen LogP contribution in [0.3, 0.4) is 0 Å². The Balaban J connectivity index is 1.61. The summed E-state index contributed by atoms with van der Waals surface area (Å²) in [4.78, 5) is 27.6. The van der Waals surface area contributed by atoms with Crippen LogP contribution in [-0.2, 0) is 4.79 Å². The Morgan fingerprint density at radius 2 is 2.05 bits per heavy atom. The van der Waals surface area contributed by atoms with Gasteiger partial charge in [0.1, 0.15) is 0 Å². The number of likely N-dealkylation sites (N-methyl/N-ethyl adjacent to an activating group) is 1. The van der Waals surface area contributed by atoms with Gasteiger partial charge in [0.05, 0.1) is 6.26 Å². The van der Waals surface area contributed by atoms with E-state index in [1.165, 1.54) is 6.26 Å². The predicted octanol–water partition coefficient (Wildman–Crippen LogP) is 0.564. The number of hydrogen-bond donors (Lipinski definition) is 1. The minimum Gasteiger partial charge on any atom is -0.459 e. The van der Waals surface area contributed by atoms with Gasteiger partial charge in [0.2, 0.25) is 5.91 Å². The van der Waals surface area contributed by atoms with Crippen LogP contribution < -0.4 is 5.32 Å². The molecule has 2 rings (SSSR count). The van der Waals surface area contributed by atoms with Gasteiger partial charge in [0.25, 0.3) is 5.91 Å². The number of nitrogens with zero attached hydrogens (tertiary/aromatic N) is 2. The number of carbonyl (C=O) groups is 2. The molecule has 6 heteroatoms. The smallest absolute Gasteiger partial charge is 0.286 e. The normalized spacial score (nSPS) is 16.1. The third-order valence-corrected chi connectivity index (χ3v) is 3.45. The van der Waals surface area contributed by atoms with Gasteiger partial charge in [-0.15, -0.1) is 0 Å². The number of nitrogens with one attached hydrogen (secondary N) is 1. The fraction of sp³-hybridized carbons (Fsp3) is 0.571. The van der Waals surface area contributed by atoms with E-state index in [2.05, 4.69) is 17.3 Å². The van der Waals surface area contributed by atoms with Crippen molar-refractivity contribution in [3.05, 3.63) is 24.2 Å². The van der Waals surface area contributed by atoms with Crippen LogP contribution in [0.2, 0.25) is 0 Å². The van der Waals surface area contributed by atoms with E-state index in [-0.39, 0.29) is 11.8 Å². The molecule has 1 N–H and O–H groups in total. The molecule has 1 aliphatic rings. The van der Waals surface area contributed by atoms with E-state index in [1.807, 2.05) is 4.90 Å². The molecule has 1 saturated heterocycles. The van der Waals surface area contributed by atoms with Crippen molar-refractivity contribution in [2.45, 2.75) is 12.8 Å². The van der Waals surface area contributed by atoms with Crippen LogP contribution in [0.15, 0.2) is 22.8 Å². The molecule has 1 aromatic heterocycles. The van der Waals surface area contributed by atoms with Crippen molar-refractivity contribution in [2.75, 3.05) is 39.8 Å². The van der Waals surface area contributed by atoms with Gasteiger partial charge in [-0.3, -0.25) is 9.59 Å². The molecule has 110 valence electrons. The second kappa shape index (κ2) is 7.09. The summed E-state index contributed by atoms with van der Waals surface area (Å²) >= 11 is 0. The number of rotatable bonds is 5. The van der Waals surface area contributed by atoms with Crippen LogP contribution in [0.1, 0.15) is 23.4 Å². The molecule has 6 nitrogen and oxygen atoms in total. The summed E-state index contributed by atoms with van der Waals surface area (Å²) in [6.07, 6.45) is 2.59. The first-order valence-electron chi connectivity index (χ1n) is 6.95. The summed E-state index contributed by atoms with van der Waals surface area (Å²) in [5, 5.41) is 2.74. The molecule has 1 aliphatic heterocycles. The quantitative estimate of drug-likeness (QED) is 0.800. The number of hydrogen-bond acceptors (Lipinski definition) is 4. The lowest BCUT2D eigenvalue weighted by molar-refractivity contribution is -0.132. The average molecular weight is 279 g/mol. The highest BCUT2D eigenvalue weighted by Gasteiger charge is 2.18. The number of amides is 2. The fourth-order valence-electron chi connectivity index (χ4n) is 2.15. The first kappa shape index (κ1) is 14.6. The van der Waals surface area contributed by atoms with Crippen molar-refractivity contribution >= 4 is 11.8 Å². The minimum atomic E-state index is -0.234. The summed E-state index contributed by atoms with van der Waals surface area (Å²) < 4.78 is 4.99. The van der Waals surface area contributed by atoms with Crippen LogP contribution >= 0.6 is 0 Å². The number of furan rings is 1. The summed E-state index contributed by atoms with van der Waals surface area (Å²) in [5.41, 5.74) is 0. The number of carbonyl (C=O) groups excluding carboxylic acids is 2. The molecular formula is C14H21N3O3. The summed E-state index contributed by atoms with van der Waals surface area (Å²) in [5.74, 6) is 0.239. The molecule has 20 heavy (non-hydrogen) atoms. The van der Waals surface area contributed by atoms with E-state index >= 15 is 0 Å². The van der Waals surface area contributed by atoms with Crippen molar-refractivity contribution < 1.29 is 14.0 Å². The highest BCUT2D eigenvalue weighted by molar-refractivity contribution is 5.91. The Morgan fingerprint density at radius 1 is 1.30 bits per heavy atom. The van der Waals surface area contributed by atoms with Crippen LogP contribution in [0.5, 0.6) is 0 Å². The molecule has 0 radical (unpaired) electrons. The van der Waals surface area contributed by atoms with Gasteiger partial charge in [0, 0.05) is 39.1 Å². The zero-order valence-electron chi connectivity index (χ0n) is 11.8. The molecule has 2 heterocycles. The van der Waals surface area contributed by atoms with Gasteiger partial charge in [-0.2, -0.15) is 0 Å². The number of piperazine rings is 1. The van der Waals surface area contributed by atoms with Crippen molar-refractivity contribution in [1.29, 1.82) is 0 Å². The van der Waals surface area contributed by atoms with Gasteiger partial charge in [-0.1, -0.05) is 0 Å². The third-order valence-electron chi connectivity index (χ3n) is 3.45. The maximum Gasteiger partial charge on any atom is 0.286 e. The average Bonchev–Trinajstić information content (AvgIpc) is 2.98. The third kappa shape index (κ3) is 4.09. The Kier molecular flexibility index (Phi) is 5.17. The SMILES string of the molecule is CN1CCN(C(=O)CCCNC(=O)c2ccco2)CC1. The van der Waals surface area contributed by atoms with Crippen molar-refractivity contribution in [3.63, 3.8) is 0 Å². The molecule has 0 bridgehead atoms.